The Morgan fingerprint density at radius 2 is 2.33 bits per heavy atom. The van der Waals surface area contributed by atoms with E-state index in [1.54, 1.807) is 0 Å². The fourth-order valence-corrected chi connectivity index (χ4v) is 2.70. The van der Waals surface area contributed by atoms with Crippen LogP contribution in [0.25, 0.3) is 0 Å². The number of aryl methyl sites for hydroxylation is 1. The van der Waals surface area contributed by atoms with Gasteiger partial charge >= 0.3 is 0 Å². The van der Waals surface area contributed by atoms with Crippen molar-refractivity contribution in [2.75, 3.05) is 20.1 Å². The molecule has 0 radical (unpaired) electrons. The SMILES string of the molecule is CCCn1ccnc1CNCC1CCCCN1C. The van der Waals surface area contributed by atoms with Crippen LogP contribution < -0.4 is 5.32 Å². The highest BCUT2D eigenvalue weighted by atomic mass is 15.2. The normalized spacial score (nSPS) is 21.3. The van der Waals surface area contributed by atoms with Crippen LogP contribution in [-0.4, -0.2) is 40.6 Å². The molecule has 0 aromatic carbocycles. The summed E-state index contributed by atoms with van der Waals surface area (Å²) < 4.78 is 2.25. The summed E-state index contributed by atoms with van der Waals surface area (Å²) in [5.41, 5.74) is 0. The molecule has 102 valence electrons. The summed E-state index contributed by atoms with van der Waals surface area (Å²) in [7, 11) is 2.24. The van der Waals surface area contributed by atoms with Crippen LogP contribution in [0.15, 0.2) is 12.4 Å². The van der Waals surface area contributed by atoms with Gasteiger partial charge in [0.25, 0.3) is 0 Å². The molecule has 4 nitrogen and oxygen atoms in total. The number of rotatable bonds is 6. The van der Waals surface area contributed by atoms with E-state index in [1.807, 2.05) is 6.20 Å². The Labute approximate surface area is 110 Å². The minimum absolute atomic E-state index is 0.702. The smallest absolute Gasteiger partial charge is 0.122 e. The van der Waals surface area contributed by atoms with Crippen molar-refractivity contribution in [2.24, 2.45) is 0 Å². The van der Waals surface area contributed by atoms with Crippen LogP contribution in [0, 0.1) is 0 Å². The minimum Gasteiger partial charge on any atom is -0.334 e. The van der Waals surface area contributed by atoms with E-state index < -0.39 is 0 Å². The number of hydrogen-bond donors (Lipinski definition) is 1. The molecule has 1 fully saturated rings. The van der Waals surface area contributed by atoms with Gasteiger partial charge in [0.05, 0.1) is 6.54 Å². The van der Waals surface area contributed by atoms with Crippen molar-refractivity contribution in [3.05, 3.63) is 18.2 Å². The molecule has 1 unspecified atom stereocenters. The standard InChI is InChI=1S/C14H26N4/c1-3-8-18-10-7-16-14(18)12-15-11-13-6-4-5-9-17(13)2/h7,10,13,15H,3-6,8-9,11-12H2,1-2H3. The third-order valence-electron chi connectivity index (χ3n) is 3.85. The summed E-state index contributed by atoms with van der Waals surface area (Å²) in [5, 5.41) is 3.56. The van der Waals surface area contributed by atoms with Crippen molar-refractivity contribution in [2.45, 2.75) is 51.7 Å². The van der Waals surface area contributed by atoms with Crippen LogP contribution in [0.2, 0.25) is 0 Å². The Kier molecular flexibility index (Phi) is 5.20. The predicted molar refractivity (Wildman–Crippen MR) is 74.5 cm³/mol. The molecule has 2 rings (SSSR count). The zero-order valence-electron chi connectivity index (χ0n) is 11.7. The lowest BCUT2D eigenvalue weighted by Gasteiger charge is -2.32. The number of nitrogens with one attached hydrogen (secondary N) is 1. The second-order valence-corrected chi connectivity index (χ2v) is 5.30. The Bertz CT molecular complexity index is 347. The van der Waals surface area contributed by atoms with Crippen molar-refractivity contribution in [3.8, 4) is 0 Å². The number of likely N-dealkylation sites (N-methyl/N-ethyl adjacent to an activating group) is 1. The molecule has 1 aromatic rings. The number of nitrogens with zero attached hydrogens (tertiary/aromatic N) is 3. The van der Waals surface area contributed by atoms with E-state index in [2.05, 4.69) is 39.9 Å². The Morgan fingerprint density at radius 3 is 3.11 bits per heavy atom. The average molecular weight is 250 g/mol. The van der Waals surface area contributed by atoms with Gasteiger partial charge in [-0.25, -0.2) is 4.98 Å². The first-order valence-corrected chi connectivity index (χ1v) is 7.22. The fourth-order valence-electron chi connectivity index (χ4n) is 2.70. The van der Waals surface area contributed by atoms with Gasteiger partial charge in [-0.1, -0.05) is 13.3 Å². The number of likely N-dealkylation sites (tertiary alicyclic amines) is 1. The predicted octanol–water partition coefficient (Wildman–Crippen LogP) is 1.87. The molecule has 4 heteroatoms. The molecule has 0 saturated carbocycles. The molecule has 1 aromatic heterocycles. The quantitative estimate of drug-likeness (QED) is 0.836. The van der Waals surface area contributed by atoms with Gasteiger partial charge < -0.3 is 14.8 Å². The highest BCUT2D eigenvalue weighted by Crippen LogP contribution is 2.14. The Balaban J connectivity index is 1.75. The summed E-state index contributed by atoms with van der Waals surface area (Å²) in [5.74, 6) is 1.16. The second-order valence-electron chi connectivity index (χ2n) is 5.30. The van der Waals surface area contributed by atoms with E-state index in [0.29, 0.717) is 6.04 Å². The minimum atomic E-state index is 0.702. The lowest BCUT2D eigenvalue weighted by atomic mass is 10.0. The molecule has 1 aliphatic rings. The maximum atomic E-state index is 4.42. The summed E-state index contributed by atoms with van der Waals surface area (Å²) in [4.78, 5) is 6.90. The summed E-state index contributed by atoms with van der Waals surface area (Å²) in [6.45, 7) is 6.48. The molecule has 1 atom stereocenters. The topological polar surface area (TPSA) is 33.1 Å². The van der Waals surface area contributed by atoms with Gasteiger partial charge in [0, 0.05) is 31.5 Å². The number of hydrogen-bond acceptors (Lipinski definition) is 3. The average Bonchev–Trinajstić information content (AvgIpc) is 2.80. The molecule has 2 heterocycles. The highest BCUT2D eigenvalue weighted by Gasteiger charge is 2.18. The molecule has 0 spiro atoms. The maximum absolute atomic E-state index is 4.42. The van der Waals surface area contributed by atoms with Gasteiger partial charge in [0.15, 0.2) is 0 Å². The Morgan fingerprint density at radius 1 is 1.44 bits per heavy atom. The van der Waals surface area contributed by atoms with Crippen LogP contribution in [-0.2, 0) is 13.1 Å². The first-order chi connectivity index (χ1) is 8.81. The lowest BCUT2D eigenvalue weighted by molar-refractivity contribution is 0.181. The van der Waals surface area contributed by atoms with Crippen molar-refractivity contribution in [1.82, 2.24) is 19.8 Å². The van der Waals surface area contributed by atoms with Gasteiger partial charge in [0.1, 0.15) is 5.82 Å². The molecular formula is C14H26N4. The zero-order valence-corrected chi connectivity index (χ0v) is 11.7. The van der Waals surface area contributed by atoms with Crippen LogP contribution in [0.5, 0.6) is 0 Å². The van der Waals surface area contributed by atoms with Crippen LogP contribution in [0.3, 0.4) is 0 Å². The van der Waals surface area contributed by atoms with E-state index in [4.69, 9.17) is 0 Å². The monoisotopic (exact) mass is 250 g/mol. The van der Waals surface area contributed by atoms with Crippen LogP contribution in [0.4, 0.5) is 0 Å². The summed E-state index contributed by atoms with van der Waals surface area (Å²) in [6.07, 6.45) is 9.20. The van der Waals surface area contributed by atoms with Crippen LogP contribution >= 0.6 is 0 Å². The summed E-state index contributed by atoms with van der Waals surface area (Å²) >= 11 is 0. The van der Waals surface area contributed by atoms with E-state index in [1.165, 1.54) is 25.8 Å². The molecular weight excluding hydrogens is 224 g/mol. The maximum Gasteiger partial charge on any atom is 0.122 e. The van der Waals surface area contributed by atoms with Gasteiger partial charge in [-0.15, -0.1) is 0 Å². The number of aromatic nitrogens is 2. The first kappa shape index (κ1) is 13.6. The third kappa shape index (κ3) is 3.56. The largest absolute Gasteiger partial charge is 0.334 e. The number of piperidine rings is 1. The molecule has 1 aliphatic heterocycles. The third-order valence-corrected chi connectivity index (χ3v) is 3.85. The van der Waals surface area contributed by atoms with Gasteiger partial charge in [-0.05, 0) is 32.9 Å². The highest BCUT2D eigenvalue weighted by molar-refractivity contribution is 4.92. The van der Waals surface area contributed by atoms with E-state index in [-0.39, 0.29) is 0 Å². The van der Waals surface area contributed by atoms with Gasteiger partial charge in [0.2, 0.25) is 0 Å². The van der Waals surface area contributed by atoms with Crippen molar-refractivity contribution < 1.29 is 0 Å². The molecule has 18 heavy (non-hydrogen) atoms. The zero-order chi connectivity index (χ0) is 12.8. The molecule has 1 saturated heterocycles. The molecule has 0 bridgehead atoms. The van der Waals surface area contributed by atoms with Crippen molar-refractivity contribution >= 4 is 0 Å². The number of imidazole rings is 1. The second kappa shape index (κ2) is 6.90. The van der Waals surface area contributed by atoms with E-state index in [9.17, 15) is 0 Å². The molecule has 0 aliphatic carbocycles. The lowest BCUT2D eigenvalue weighted by Crippen LogP contribution is -2.43. The van der Waals surface area contributed by atoms with E-state index >= 15 is 0 Å². The molecule has 0 amide bonds. The molecule has 1 N–H and O–H groups in total. The Hall–Kier alpha value is -0.870. The van der Waals surface area contributed by atoms with Gasteiger partial charge in [-0.2, -0.15) is 0 Å². The first-order valence-electron chi connectivity index (χ1n) is 7.22. The van der Waals surface area contributed by atoms with Gasteiger partial charge in [-0.3, -0.25) is 0 Å². The van der Waals surface area contributed by atoms with Crippen molar-refractivity contribution in [3.63, 3.8) is 0 Å². The van der Waals surface area contributed by atoms with E-state index in [0.717, 1.165) is 31.9 Å². The summed E-state index contributed by atoms with van der Waals surface area (Å²) in [6, 6.07) is 0.702. The van der Waals surface area contributed by atoms with Crippen molar-refractivity contribution in [1.29, 1.82) is 0 Å². The fraction of sp³-hybridized carbons (Fsp3) is 0.786. The van der Waals surface area contributed by atoms with Crippen LogP contribution in [0.1, 0.15) is 38.4 Å².